The fourth-order valence-corrected chi connectivity index (χ4v) is 6.98. The maximum absolute atomic E-state index is 2.54. The normalized spacial score (nSPS) is 35.3. The van der Waals surface area contributed by atoms with Crippen LogP contribution in [0.1, 0.15) is 12.5 Å². The summed E-state index contributed by atoms with van der Waals surface area (Å²) in [5.41, 5.74) is 1.51. The topological polar surface area (TPSA) is 3.01 Å². The lowest BCUT2D eigenvalue weighted by molar-refractivity contribution is 0.564. The van der Waals surface area contributed by atoms with Crippen molar-refractivity contribution in [2.45, 2.75) is 37.8 Å². The predicted octanol–water partition coefficient (Wildman–Crippen LogP) is 3.09. The van der Waals surface area contributed by atoms with E-state index in [1.165, 1.54) is 5.56 Å². The van der Waals surface area contributed by atoms with Gasteiger partial charge in [-0.05, 0) is 19.5 Å². The van der Waals surface area contributed by atoms with Crippen LogP contribution in [-0.4, -0.2) is 26.1 Å². The van der Waals surface area contributed by atoms with Gasteiger partial charge in [0.25, 0.3) is 0 Å². The van der Waals surface area contributed by atoms with Crippen LogP contribution in [0.25, 0.3) is 0 Å². The van der Waals surface area contributed by atoms with Gasteiger partial charge in [-0.15, -0.1) is 0 Å². The maximum atomic E-state index is 2.54. The van der Waals surface area contributed by atoms with Crippen LogP contribution in [0.2, 0.25) is 19.6 Å². The standard InChI is InChI=1S/C13H21NSi/c1-11-13(14(11)2,15(3,4)5)12-9-7-6-8-10-12/h6-11H,1-5H3/t11-,13-,14?/m0/s1. The predicted molar refractivity (Wildman–Crippen MR) is 68.7 cm³/mol. The van der Waals surface area contributed by atoms with Crippen molar-refractivity contribution in [2.75, 3.05) is 7.05 Å². The molecule has 3 atom stereocenters. The van der Waals surface area contributed by atoms with E-state index in [0.29, 0.717) is 11.2 Å². The van der Waals surface area contributed by atoms with Crippen molar-refractivity contribution in [3.05, 3.63) is 35.9 Å². The average Bonchev–Trinajstić information content (AvgIpc) is 2.71. The highest BCUT2D eigenvalue weighted by Gasteiger charge is 2.65. The minimum absolute atomic E-state index is 0.369. The largest absolute Gasteiger partial charge is 0.293 e. The first-order valence-electron chi connectivity index (χ1n) is 5.71. The lowest BCUT2D eigenvalue weighted by Crippen LogP contribution is -2.43. The van der Waals surface area contributed by atoms with Gasteiger partial charge in [0.1, 0.15) is 0 Å². The Morgan fingerprint density at radius 3 is 1.93 bits per heavy atom. The van der Waals surface area contributed by atoms with E-state index >= 15 is 0 Å². The van der Waals surface area contributed by atoms with Gasteiger partial charge in [0.05, 0.1) is 13.2 Å². The van der Waals surface area contributed by atoms with Crippen molar-refractivity contribution in [2.24, 2.45) is 0 Å². The van der Waals surface area contributed by atoms with Gasteiger partial charge in [-0.3, -0.25) is 4.90 Å². The van der Waals surface area contributed by atoms with E-state index in [4.69, 9.17) is 0 Å². The van der Waals surface area contributed by atoms with Gasteiger partial charge in [0, 0.05) is 6.04 Å². The van der Waals surface area contributed by atoms with E-state index in [-0.39, 0.29) is 0 Å². The summed E-state index contributed by atoms with van der Waals surface area (Å²) in [5.74, 6) is 0. The summed E-state index contributed by atoms with van der Waals surface area (Å²) in [6.45, 7) is 9.77. The molecule has 1 aliphatic heterocycles. The molecule has 1 saturated heterocycles. The number of hydrogen-bond donors (Lipinski definition) is 0. The molecule has 2 heteroatoms. The molecule has 0 radical (unpaired) electrons. The highest BCUT2D eigenvalue weighted by atomic mass is 28.3. The van der Waals surface area contributed by atoms with Crippen molar-refractivity contribution in [3.63, 3.8) is 0 Å². The van der Waals surface area contributed by atoms with Crippen LogP contribution in [0, 0.1) is 0 Å². The maximum Gasteiger partial charge on any atom is 0.0754 e. The van der Waals surface area contributed by atoms with Crippen LogP contribution >= 0.6 is 0 Å². The van der Waals surface area contributed by atoms with Gasteiger partial charge >= 0.3 is 0 Å². The Labute approximate surface area is 94.1 Å². The van der Waals surface area contributed by atoms with Crippen molar-refractivity contribution in [3.8, 4) is 0 Å². The first kappa shape index (κ1) is 10.9. The van der Waals surface area contributed by atoms with E-state index in [2.05, 4.69) is 68.8 Å². The molecule has 1 fully saturated rings. The van der Waals surface area contributed by atoms with Gasteiger partial charge in [0.15, 0.2) is 0 Å². The summed E-state index contributed by atoms with van der Waals surface area (Å²) in [5, 5.41) is 0.369. The van der Waals surface area contributed by atoms with Crippen molar-refractivity contribution in [1.82, 2.24) is 4.90 Å². The van der Waals surface area contributed by atoms with Gasteiger partial charge in [-0.25, -0.2) is 0 Å². The third-order valence-corrected chi connectivity index (χ3v) is 7.38. The molecule has 82 valence electrons. The van der Waals surface area contributed by atoms with Gasteiger partial charge < -0.3 is 0 Å². The zero-order valence-electron chi connectivity index (χ0n) is 10.4. The molecule has 1 heterocycles. The highest BCUT2D eigenvalue weighted by molar-refractivity contribution is 6.80. The molecule has 15 heavy (non-hydrogen) atoms. The highest BCUT2D eigenvalue weighted by Crippen LogP contribution is 2.54. The van der Waals surface area contributed by atoms with Crippen molar-refractivity contribution < 1.29 is 0 Å². The molecule has 1 aliphatic rings. The molecule has 0 aromatic heterocycles. The number of hydrogen-bond acceptors (Lipinski definition) is 1. The number of benzene rings is 1. The molecule has 0 aliphatic carbocycles. The lowest BCUT2D eigenvalue weighted by atomic mass is 10.1. The molecule has 2 rings (SSSR count). The van der Waals surface area contributed by atoms with E-state index in [1.54, 1.807) is 0 Å². The second kappa shape index (κ2) is 3.19. The smallest absolute Gasteiger partial charge is 0.0754 e. The minimum Gasteiger partial charge on any atom is -0.293 e. The third kappa shape index (κ3) is 1.31. The van der Waals surface area contributed by atoms with Crippen LogP contribution in [0.3, 0.4) is 0 Å². The minimum atomic E-state index is -1.21. The molecule has 1 aromatic carbocycles. The van der Waals surface area contributed by atoms with Gasteiger partial charge in [-0.1, -0.05) is 50.0 Å². The first-order chi connectivity index (χ1) is 6.92. The van der Waals surface area contributed by atoms with E-state index in [1.807, 2.05) is 0 Å². The monoisotopic (exact) mass is 219 g/mol. The molecule has 0 saturated carbocycles. The van der Waals surface area contributed by atoms with E-state index < -0.39 is 8.07 Å². The summed E-state index contributed by atoms with van der Waals surface area (Å²) < 4.78 is 0. The first-order valence-corrected chi connectivity index (χ1v) is 9.21. The zero-order chi connectivity index (χ0) is 11.3. The summed E-state index contributed by atoms with van der Waals surface area (Å²) in [6.07, 6.45) is 0. The van der Waals surface area contributed by atoms with Crippen molar-refractivity contribution in [1.29, 1.82) is 0 Å². The SMILES string of the molecule is C[C@@H]1N(C)[C@]1(c1ccccc1)[Si](C)(C)C. The Morgan fingerprint density at radius 2 is 1.60 bits per heavy atom. The molecule has 0 N–H and O–H groups in total. The van der Waals surface area contributed by atoms with Crippen LogP contribution in [0.5, 0.6) is 0 Å². The molecular weight excluding hydrogens is 198 g/mol. The Bertz CT molecular complexity index is 345. The van der Waals surface area contributed by atoms with Crippen LogP contribution < -0.4 is 0 Å². The molecule has 1 aromatic rings. The lowest BCUT2D eigenvalue weighted by Gasteiger charge is -2.30. The van der Waals surface area contributed by atoms with E-state index in [9.17, 15) is 0 Å². The number of nitrogens with zero attached hydrogens (tertiary/aromatic N) is 1. The summed E-state index contributed by atoms with van der Waals surface area (Å²) in [6, 6.07) is 11.7. The molecule has 1 nitrogen and oxygen atoms in total. The zero-order valence-corrected chi connectivity index (χ0v) is 11.4. The molecule has 0 bridgehead atoms. The second-order valence-electron chi connectivity index (χ2n) is 5.67. The van der Waals surface area contributed by atoms with E-state index in [0.717, 1.165) is 0 Å². The second-order valence-corrected chi connectivity index (χ2v) is 10.9. The average molecular weight is 219 g/mol. The molecule has 0 amide bonds. The molecular formula is C13H21NSi. The quantitative estimate of drug-likeness (QED) is 0.545. The Kier molecular flexibility index (Phi) is 2.32. The van der Waals surface area contributed by atoms with Gasteiger partial charge in [-0.2, -0.15) is 0 Å². The Balaban J connectivity index is 2.48. The summed E-state index contributed by atoms with van der Waals surface area (Å²) in [4.78, 5) is 2.54. The van der Waals surface area contributed by atoms with Crippen molar-refractivity contribution >= 4 is 8.07 Å². The third-order valence-electron chi connectivity index (χ3n) is 4.03. The number of likely N-dealkylation sites (N-methyl/N-ethyl adjacent to an activating group) is 1. The van der Waals surface area contributed by atoms with Gasteiger partial charge in [0.2, 0.25) is 0 Å². The summed E-state index contributed by atoms with van der Waals surface area (Å²) in [7, 11) is 1.05. The number of rotatable bonds is 2. The van der Waals surface area contributed by atoms with Crippen LogP contribution in [-0.2, 0) is 5.16 Å². The Hall–Kier alpha value is -0.603. The van der Waals surface area contributed by atoms with Crippen LogP contribution in [0.4, 0.5) is 0 Å². The summed E-state index contributed by atoms with van der Waals surface area (Å²) >= 11 is 0. The Morgan fingerprint density at radius 1 is 1.13 bits per heavy atom. The molecule has 1 unspecified atom stereocenters. The fraction of sp³-hybridized carbons (Fsp3) is 0.538. The van der Waals surface area contributed by atoms with Crippen LogP contribution in [0.15, 0.2) is 30.3 Å². The fourth-order valence-electron chi connectivity index (χ4n) is 3.31. The molecule has 0 spiro atoms.